The SMILES string of the molecule is O=S(=O)(c1ccccc1F)N1C[C@@H]2CCN[C@@H]2C1. The molecule has 2 heterocycles. The second-order valence-corrected chi connectivity index (χ2v) is 6.77. The Balaban J connectivity index is 1.90. The molecule has 6 heteroatoms. The number of sulfonamides is 1. The lowest BCUT2D eigenvalue weighted by atomic mass is 10.1. The molecule has 98 valence electrons. The summed E-state index contributed by atoms with van der Waals surface area (Å²) in [6, 6.07) is 5.78. The molecule has 0 amide bonds. The highest BCUT2D eigenvalue weighted by molar-refractivity contribution is 7.89. The van der Waals surface area contributed by atoms with Gasteiger partial charge in [0.2, 0.25) is 10.0 Å². The van der Waals surface area contributed by atoms with Crippen LogP contribution in [0.15, 0.2) is 29.2 Å². The van der Waals surface area contributed by atoms with Gasteiger partial charge in [-0.1, -0.05) is 12.1 Å². The standard InChI is InChI=1S/C12H15FN2O2S/c13-10-3-1-2-4-12(10)18(16,17)15-7-9-5-6-14-11(9)8-15/h1-4,9,11,14H,5-8H2/t9-,11+/m0/s1. The van der Waals surface area contributed by atoms with Gasteiger partial charge in [-0.25, -0.2) is 12.8 Å². The van der Waals surface area contributed by atoms with Gasteiger partial charge in [-0.15, -0.1) is 0 Å². The van der Waals surface area contributed by atoms with Gasteiger partial charge >= 0.3 is 0 Å². The highest BCUT2D eigenvalue weighted by Crippen LogP contribution is 2.29. The first kappa shape index (κ1) is 12.1. The van der Waals surface area contributed by atoms with Gasteiger partial charge in [-0.05, 0) is 31.0 Å². The van der Waals surface area contributed by atoms with E-state index in [1.165, 1.54) is 22.5 Å². The summed E-state index contributed by atoms with van der Waals surface area (Å²) in [7, 11) is -3.69. The zero-order valence-electron chi connectivity index (χ0n) is 9.84. The number of hydrogen-bond acceptors (Lipinski definition) is 3. The minimum Gasteiger partial charge on any atom is -0.312 e. The minimum atomic E-state index is -3.69. The van der Waals surface area contributed by atoms with Crippen molar-refractivity contribution in [3.63, 3.8) is 0 Å². The lowest BCUT2D eigenvalue weighted by Crippen LogP contribution is -2.34. The summed E-state index contributed by atoms with van der Waals surface area (Å²) < 4.78 is 39.7. The van der Waals surface area contributed by atoms with Crippen molar-refractivity contribution in [3.8, 4) is 0 Å². The number of halogens is 1. The molecule has 2 aliphatic rings. The molecule has 18 heavy (non-hydrogen) atoms. The fourth-order valence-electron chi connectivity index (χ4n) is 2.80. The Morgan fingerprint density at radius 1 is 1.28 bits per heavy atom. The van der Waals surface area contributed by atoms with Crippen LogP contribution in [0.2, 0.25) is 0 Å². The highest BCUT2D eigenvalue weighted by Gasteiger charge is 2.41. The molecule has 0 unspecified atom stereocenters. The van der Waals surface area contributed by atoms with Gasteiger partial charge in [0.1, 0.15) is 10.7 Å². The van der Waals surface area contributed by atoms with Crippen molar-refractivity contribution >= 4 is 10.0 Å². The summed E-state index contributed by atoms with van der Waals surface area (Å²) in [6.45, 7) is 1.89. The normalized spacial score (nSPS) is 28.5. The van der Waals surface area contributed by atoms with E-state index in [1.54, 1.807) is 6.07 Å². The van der Waals surface area contributed by atoms with Crippen LogP contribution in [0, 0.1) is 11.7 Å². The van der Waals surface area contributed by atoms with Crippen LogP contribution in [0.4, 0.5) is 4.39 Å². The molecule has 2 atom stereocenters. The summed E-state index contributed by atoms with van der Waals surface area (Å²) in [5, 5.41) is 3.29. The van der Waals surface area contributed by atoms with Crippen molar-refractivity contribution in [1.29, 1.82) is 0 Å². The van der Waals surface area contributed by atoms with Gasteiger partial charge in [0.25, 0.3) is 0 Å². The van der Waals surface area contributed by atoms with Crippen molar-refractivity contribution in [2.45, 2.75) is 17.4 Å². The molecule has 2 saturated heterocycles. The van der Waals surface area contributed by atoms with E-state index in [0.717, 1.165) is 13.0 Å². The molecule has 1 N–H and O–H groups in total. The molecule has 0 spiro atoms. The van der Waals surface area contributed by atoms with Gasteiger partial charge in [0.15, 0.2) is 0 Å². The van der Waals surface area contributed by atoms with Crippen LogP contribution in [0.3, 0.4) is 0 Å². The number of nitrogens with one attached hydrogen (secondary N) is 1. The van der Waals surface area contributed by atoms with Gasteiger partial charge in [-0.2, -0.15) is 4.31 Å². The van der Waals surface area contributed by atoms with Crippen LogP contribution in [0.1, 0.15) is 6.42 Å². The van der Waals surface area contributed by atoms with Crippen LogP contribution in [0.5, 0.6) is 0 Å². The first-order chi connectivity index (χ1) is 8.59. The largest absolute Gasteiger partial charge is 0.312 e. The summed E-state index contributed by atoms with van der Waals surface area (Å²) in [6.07, 6.45) is 0.994. The maximum Gasteiger partial charge on any atom is 0.246 e. The van der Waals surface area contributed by atoms with E-state index in [4.69, 9.17) is 0 Å². The van der Waals surface area contributed by atoms with E-state index >= 15 is 0 Å². The molecule has 0 radical (unpaired) electrons. The van der Waals surface area contributed by atoms with E-state index in [-0.39, 0.29) is 10.9 Å². The van der Waals surface area contributed by atoms with Gasteiger partial charge in [0, 0.05) is 19.1 Å². The second-order valence-electron chi connectivity index (χ2n) is 4.86. The molecule has 0 bridgehead atoms. The van der Waals surface area contributed by atoms with Crippen LogP contribution >= 0.6 is 0 Å². The molecular formula is C12H15FN2O2S. The van der Waals surface area contributed by atoms with Crippen molar-refractivity contribution in [1.82, 2.24) is 9.62 Å². The predicted octanol–water partition coefficient (Wildman–Crippen LogP) is 0.808. The van der Waals surface area contributed by atoms with E-state index < -0.39 is 15.8 Å². The first-order valence-corrected chi connectivity index (χ1v) is 7.51. The number of hydrogen-bond donors (Lipinski definition) is 1. The van der Waals surface area contributed by atoms with E-state index in [2.05, 4.69) is 5.32 Å². The maximum absolute atomic E-state index is 13.6. The van der Waals surface area contributed by atoms with Crippen molar-refractivity contribution in [2.75, 3.05) is 19.6 Å². The molecule has 0 aliphatic carbocycles. The van der Waals surface area contributed by atoms with Gasteiger partial charge < -0.3 is 5.32 Å². The lowest BCUT2D eigenvalue weighted by molar-refractivity contribution is 0.443. The third-order valence-corrected chi connectivity index (χ3v) is 5.65. The topological polar surface area (TPSA) is 49.4 Å². The van der Waals surface area contributed by atoms with Gasteiger partial charge in [-0.3, -0.25) is 0 Å². The monoisotopic (exact) mass is 270 g/mol. The maximum atomic E-state index is 13.6. The van der Waals surface area contributed by atoms with Crippen molar-refractivity contribution in [2.24, 2.45) is 5.92 Å². The zero-order valence-corrected chi connectivity index (χ0v) is 10.7. The number of rotatable bonds is 2. The van der Waals surface area contributed by atoms with E-state index in [9.17, 15) is 12.8 Å². The summed E-state index contributed by atoms with van der Waals surface area (Å²) in [4.78, 5) is -0.218. The van der Waals surface area contributed by atoms with Crippen LogP contribution in [-0.4, -0.2) is 38.4 Å². The van der Waals surface area contributed by atoms with Crippen molar-refractivity contribution in [3.05, 3.63) is 30.1 Å². The molecule has 0 aromatic heterocycles. The zero-order chi connectivity index (χ0) is 12.8. The summed E-state index contributed by atoms with van der Waals surface area (Å²) in [5.74, 6) is -0.311. The molecule has 2 aliphatic heterocycles. The third-order valence-electron chi connectivity index (χ3n) is 3.78. The average molecular weight is 270 g/mol. The number of nitrogens with zero attached hydrogens (tertiary/aromatic N) is 1. The van der Waals surface area contributed by atoms with Gasteiger partial charge in [0.05, 0.1) is 0 Å². The summed E-state index contributed by atoms with van der Waals surface area (Å²) >= 11 is 0. The molecular weight excluding hydrogens is 255 g/mol. The molecule has 3 rings (SSSR count). The quantitative estimate of drug-likeness (QED) is 0.865. The Morgan fingerprint density at radius 2 is 2.06 bits per heavy atom. The molecule has 1 aromatic carbocycles. The number of benzene rings is 1. The Hall–Kier alpha value is -0.980. The Morgan fingerprint density at radius 3 is 2.78 bits per heavy atom. The Labute approximate surface area is 106 Å². The minimum absolute atomic E-state index is 0.218. The Kier molecular flexibility index (Phi) is 2.88. The summed E-state index contributed by atoms with van der Waals surface area (Å²) in [5.41, 5.74) is 0. The average Bonchev–Trinajstić information content (AvgIpc) is 2.89. The molecule has 0 saturated carbocycles. The lowest BCUT2D eigenvalue weighted by Gasteiger charge is -2.17. The molecule has 1 aromatic rings. The van der Waals surface area contributed by atoms with Crippen molar-refractivity contribution < 1.29 is 12.8 Å². The van der Waals surface area contributed by atoms with E-state index in [0.29, 0.717) is 19.0 Å². The third kappa shape index (κ3) is 1.84. The molecule has 4 nitrogen and oxygen atoms in total. The smallest absolute Gasteiger partial charge is 0.246 e. The van der Waals surface area contributed by atoms with Crippen LogP contribution in [-0.2, 0) is 10.0 Å². The fourth-order valence-corrected chi connectivity index (χ4v) is 4.39. The first-order valence-electron chi connectivity index (χ1n) is 6.07. The fraction of sp³-hybridized carbons (Fsp3) is 0.500. The highest BCUT2D eigenvalue weighted by atomic mass is 32.2. The predicted molar refractivity (Wildman–Crippen MR) is 65.1 cm³/mol. The van der Waals surface area contributed by atoms with Crippen LogP contribution < -0.4 is 5.32 Å². The molecule has 2 fully saturated rings. The van der Waals surface area contributed by atoms with E-state index in [1.807, 2.05) is 0 Å². The second kappa shape index (κ2) is 4.29. The Bertz CT molecular complexity index is 549. The van der Waals surface area contributed by atoms with Crippen LogP contribution in [0.25, 0.3) is 0 Å². The number of fused-ring (bicyclic) bond motifs is 1.